The van der Waals surface area contributed by atoms with Crippen LogP contribution in [0.25, 0.3) is 0 Å². The molecule has 0 aliphatic carbocycles. The molecule has 1 aromatic carbocycles. The smallest absolute Gasteiger partial charge is 0.344 e. The minimum atomic E-state index is -4.43. The van der Waals surface area contributed by atoms with Crippen LogP contribution in [0.2, 0.25) is 0 Å². The third-order valence-electron chi connectivity index (χ3n) is 3.26. The van der Waals surface area contributed by atoms with E-state index in [-0.39, 0.29) is 11.5 Å². The Balaban J connectivity index is 2.19. The zero-order chi connectivity index (χ0) is 14.0. The monoisotopic (exact) mass is 272 g/mol. The van der Waals surface area contributed by atoms with Crippen LogP contribution in [-0.4, -0.2) is 36.6 Å². The van der Waals surface area contributed by atoms with Crippen molar-refractivity contribution in [2.75, 3.05) is 13.6 Å². The fraction of sp³-hybridized carbons (Fsp3) is 0.462. The van der Waals surface area contributed by atoms with Crippen molar-refractivity contribution >= 4 is 5.91 Å². The number of amides is 1. The van der Waals surface area contributed by atoms with Gasteiger partial charge in [0.2, 0.25) is 5.91 Å². The lowest BCUT2D eigenvalue weighted by atomic mass is 10.0. The van der Waals surface area contributed by atoms with Gasteiger partial charge in [-0.15, -0.1) is 0 Å². The molecule has 1 amide bonds. The van der Waals surface area contributed by atoms with Gasteiger partial charge in [-0.05, 0) is 12.0 Å². The van der Waals surface area contributed by atoms with Crippen molar-refractivity contribution in [2.24, 2.45) is 0 Å². The number of hydrogen-bond acceptors (Lipinski definition) is 2. The molecule has 0 spiro atoms. The van der Waals surface area contributed by atoms with Gasteiger partial charge in [0.25, 0.3) is 0 Å². The topological polar surface area (TPSA) is 32.3 Å². The summed E-state index contributed by atoms with van der Waals surface area (Å²) in [4.78, 5) is 13.1. The molecule has 3 nitrogen and oxygen atoms in total. The van der Waals surface area contributed by atoms with Gasteiger partial charge in [-0.25, -0.2) is 0 Å². The third-order valence-corrected chi connectivity index (χ3v) is 3.26. The third kappa shape index (κ3) is 3.07. The van der Waals surface area contributed by atoms with E-state index in [0.29, 0.717) is 13.0 Å². The number of likely N-dealkylation sites (N-methyl/N-ethyl adjacent to an activating group) is 1. The minimum Gasteiger partial charge on any atom is -0.344 e. The molecule has 1 saturated heterocycles. The molecule has 1 aliphatic heterocycles. The largest absolute Gasteiger partial charge is 0.407 e. The Morgan fingerprint density at radius 3 is 2.42 bits per heavy atom. The van der Waals surface area contributed by atoms with Crippen LogP contribution in [0.5, 0.6) is 0 Å². The van der Waals surface area contributed by atoms with Crippen LogP contribution in [0.4, 0.5) is 13.2 Å². The summed E-state index contributed by atoms with van der Waals surface area (Å²) >= 11 is 0. The van der Waals surface area contributed by atoms with Crippen molar-refractivity contribution in [1.82, 2.24) is 10.2 Å². The van der Waals surface area contributed by atoms with Gasteiger partial charge in [0.1, 0.15) is 6.04 Å². The van der Waals surface area contributed by atoms with E-state index in [4.69, 9.17) is 0 Å². The Labute approximate surface area is 109 Å². The molecule has 19 heavy (non-hydrogen) atoms. The number of halogens is 3. The maximum atomic E-state index is 13.1. The van der Waals surface area contributed by atoms with Crippen LogP contribution in [0.1, 0.15) is 18.0 Å². The SMILES string of the molecule is CN1CCC(NC(c2ccccc2)C(F)(F)F)C1=O. The average Bonchev–Trinajstić information content (AvgIpc) is 2.67. The fourth-order valence-electron chi connectivity index (χ4n) is 2.20. The second-order valence-electron chi connectivity index (χ2n) is 4.65. The Hall–Kier alpha value is -1.56. The van der Waals surface area contributed by atoms with E-state index in [1.807, 2.05) is 0 Å². The summed E-state index contributed by atoms with van der Waals surface area (Å²) in [5.74, 6) is -0.287. The number of benzene rings is 1. The number of rotatable bonds is 3. The summed E-state index contributed by atoms with van der Waals surface area (Å²) in [6.45, 7) is 0.482. The lowest BCUT2D eigenvalue weighted by molar-refractivity contribution is -0.160. The van der Waals surface area contributed by atoms with E-state index in [1.165, 1.54) is 17.0 Å². The van der Waals surface area contributed by atoms with Gasteiger partial charge in [0, 0.05) is 13.6 Å². The van der Waals surface area contributed by atoms with Crippen LogP contribution in [0.15, 0.2) is 30.3 Å². The number of alkyl halides is 3. The Morgan fingerprint density at radius 1 is 1.32 bits per heavy atom. The molecule has 0 aromatic heterocycles. The molecule has 0 bridgehead atoms. The minimum absolute atomic E-state index is 0.123. The Morgan fingerprint density at radius 2 is 1.95 bits per heavy atom. The van der Waals surface area contributed by atoms with Gasteiger partial charge in [0.05, 0.1) is 6.04 Å². The van der Waals surface area contributed by atoms with E-state index >= 15 is 0 Å². The highest BCUT2D eigenvalue weighted by Crippen LogP contribution is 2.33. The molecule has 1 N–H and O–H groups in total. The first-order chi connectivity index (χ1) is 8.89. The van der Waals surface area contributed by atoms with Gasteiger partial charge in [0.15, 0.2) is 0 Å². The number of likely N-dealkylation sites (tertiary alicyclic amines) is 1. The highest BCUT2D eigenvalue weighted by atomic mass is 19.4. The first-order valence-corrected chi connectivity index (χ1v) is 6.02. The van der Waals surface area contributed by atoms with Crippen molar-refractivity contribution < 1.29 is 18.0 Å². The zero-order valence-corrected chi connectivity index (χ0v) is 10.4. The second kappa shape index (κ2) is 5.21. The van der Waals surface area contributed by atoms with Crippen molar-refractivity contribution in [1.29, 1.82) is 0 Å². The summed E-state index contributed by atoms with van der Waals surface area (Å²) in [6, 6.07) is 5.01. The standard InChI is InChI=1S/C13H15F3N2O/c1-18-8-7-10(12(18)19)17-11(13(14,15)16)9-5-3-2-4-6-9/h2-6,10-11,17H,7-8H2,1H3. The van der Waals surface area contributed by atoms with E-state index in [9.17, 15) is 18.0 Å². The zero-order valence-electron chi connectivity index (χ0n) is 10.4. The lowest BCUT2D eigenvalue weighted by Gasteiger charge is -2.25. The van der Waals surface area contributed by atoms with E-state index in [2.05, 4.69) is 5.32 Å². The van der Waals surface area contributed by atoms with E-state index < -0.39 is 18.3 Å². The molecular weight excluding hydrogens is 257 g/mol. The highest BCUT2D eigenvalue weighted by molar-refractivity contribution is 5.83. The molecule has 2 unspecified atom stereocenters. The molecule has 2 rings (SSSR count). The Bertz CT molecular complexity index is 447. The average molecular weight is 272 g/mol. The number of carbonyl (C=O) groups excluding carboxylic acids is 1. The summed E-state index contributed by atoms with van der Waals surface area (Å²) in [7, 11) is 1.59. The van der Waals surface area contributed by atoms with Crippen LogP contribution >= 0.6 is 0 Å². The molecular formula is C13H15F3N2O. The molecule has 1 heterocycles. The van der Waals surface area contributed by atoms with Crippen molar-refractivity contribution in [3.05, 3.63) is 35.9 Å². The summed E-state index contributed by atoms with van der Waals surface area (Å²) in [5, 5.41) is 2.44. The molecule has 104 valence electrons. The fourth-order valence-corrected chi connectivity index (χ4v) is 2.20. The van der Waals surface area contributed by atoms with E-state index in [1.54, 1.807) is 25.2 Å². The van der Waals surface area contributed by atoms with Gasteiger partial charge in [-0.1, -0.05) is 30.3 Å². The van der Waals surface area contributed by atoms with Crippen molar-refractivity contribution in [3.63, 3.8) is 0 Å². The molecule has 6 heteroatoms. The number of nitrogens with one attached hydrogen (secondary N) is 1. The molecule has 0 radical (unpaired) electrons. The van der Waals surface area contributed by atoms with Gasteiger partial charge in [-0.3, -0.25) is 10.1 Å². The predicted octanol–water partition coefficient (Wildman–Crippen LogP) is 2.11. The van der Waals surface area contributed by atoms with Gasteiger partial charge >= 0.3 is 6.18 Å². The summed E-state index contributed by atoms with van der Waals surface area (Å²) < 4.78 is 39.3. The van der Waals surface area contributed by atoms with Crippen LogP contribution in [0, 0.1) is 0 Å². The number of nitrogens with zero attached hydrogens (tertiary/aromatic N) is 1. The Kier molecular flexibility index (Phi) is 3.80. The van der Waals surface area contributed by atoms with Crippen LogP contribution < -0.4 is 5.32 Å². The molecule has 1 aromatic rings. The quantitative estimate of drug-likeness (QED) is 0.914. The summed E-state index contributed by atoms with van der Waals surface area (Å²) in [5.41, 5.74) is 0.123. The maximum absolute atomic E-state index is 13.1. The first kappa shape index (κ1) is 13.9. The number of hydrogen-bond donors (Lipinski definition) is 1. The highest BCUT2D eigenvalue weighted by Gasteiger charge is 2.44. The normalized spacial score (nSPS) is 21.8. The molecule has 2 atom stereocenters. The molecule has 0 saturated carbocycles. The van der Waals surface area contributed by atoms with Crippen LogP contribution in [-0.2, 0) is 4.79 Å². The predicted molar refractivity (Wildman–Crippen MR) is 64.4 cm³/mol. The lowest BCUT2D eigenvalue weighted by Crippen LogP contribution is -2.44. The van der Waals surface area contributed by atoms with Crippen molar-refractivity contribution in [3.8, 4) is 0 Å². The maximum Gasteiger partial charge on any atom is 0.407 e. The number of carbonyl (C=O) groups is 1. The summed E-state index contributed by atoms with van der Waals surface area (Å²) in [6.07, 6.45) is -4.03. The molecule has 1 aliphatic rings. The van der Waals surface area contributed by atoms with Crippen LogP contribution in [0.3, 0.4) is 0 Å². The van der Waals surface area contributed by atoms with E-state index in [0.717, 1.165) is 0 Å². The van der Waals surface area contributed by atoms with Crippen molar-refractivity contribution in [2.45, 2.75) is 24.7 Å². The molecule has 1 fully saturated rings. The van der Waals surface area contributed by atoms with Gasteiger partial charge < -0.3 is 4.90 Å². The van der Waals surface area contributed by atoms with Gasteiger partial charge in [-0.2, -0.15) is 13.2 Å². The second-order valence-corrected chi connectivity index (χ2v) is 4.65. The first-order valence-electron chi connectivity index (χ1n) is 6.02.